The van der Waals surface area contributed by atoms with Gasteiger partial charge in [-0.15, -0.1) is 0 Å². The zero-order chi connectivity index (χ0) is 11.8. The van der Waals surface area contributed by atoms with Crippen molar-refractivity contribution in [2.75, 3.05) is 0 Å². The van der Waals surface area contributed by atoms with Gasteiger partial charge in [0.25, 0.3) is 0 Å². The lowest BCUT2D eigenvalue weighted by atomic mass is 9.82. The summed E-state index contributed by atoms with van der Waals surface area (Å²) in [5.74, 6) is -0.403. The average molecular weight is 242 g/mol. The van der Waals surface area contributed by atoms with E-state index in [1.807, 2.05) is 0 Å². The molecule has 0 radical (unpaired) electrons. The molecule has 0 saturated heterocycles. The van der Waals surface area contributed by atoms with E-state index in [-0.39, 0.29) is 6.42 Å². The lowest BCUT2D eigenvalue weighted by molar-refractivity contribution is -0.151. The summed E-state index contributed by atoms with van der Waals surface area (Å²) in [6.45, 7) is 1.59. The highest BCUT2D eigenvalue weighted by Gasteiger charge is 2.43. The van der Waals surface area contributed by atoms with Crippen molar-refractivity contribution in [3.05, 3.63) is 0 Å². The topological polar surface area (TPSA) is 127 Å². The van der Waals surface area contributed by atoms with Gasteiger partial charge in [-0.3, -0.25) is 4.52 Å². The second kappa shape index (κ2) is 4.47. The van der Waals surface area contributed by atoms with Crippen LogP contribution in [0.5, 0.6) is 0 Å². The third-order valence-corrected chi connectivity index (χ3v) is 3.09. The first kappa shape index (κ1) is 13.1. The largest absolute Gasteiger partial charge is 0.469 e. The monoisotopic (exact) mass is 242 g/mol. The summed E-state index contributed by atoms with van der Waals surface area (Å²) in [7, 11) is -4.70. The molecule has 1 rings (SSSR count). The highest BCUT2D eigenvalue weighted by Crippen LogP contribution is 2.42. The van der Waals surface area contributed by atoms with Crippen LogP contribution in [-0.2, 0) is 9.09 Å². The van der Waals surface area contributed by atoms with Gasteiger partial charge in [0, 0.05) is 0 Å². The van der Waals surface area contributed by atoms with Crippen molar-refractivity contribution in [1.82, 2.24) is 0 Å². The Balaban J connectivity index is 2.71. The minimum absolute atomic E-state index is 0.0739. The van der Waals surface area contributed by atoms with Gasteiger partial charge in [-0.25, -0.2) is 4.57 Å². The smallest absolute Gasteiger partial charge is 0.390 e. The summed E-state index contributed by atoms with van der Waals surface area (Å²) >= 11 is 0. The molecule has 5 N–H and O–H groups in total. The fourth-order valence-corrected chi connectivity index (χ4v) is 2.25. The molecule has 0 amide bonds. The fourth-order valence-electron chi connectivity index (χ4n) is 1.69. The normalized spacial score (nSPS) is 42.9. The summed E-state index contributed by atoms with van der Waals surface area (Å²) in [6, 6.07) is 0. The highest BCUT2D eigenvalue weighted by molar-refractivity contribution is 7.46. The molecule has 0 spiro atoms. The minimum Gasteiger partial charge on any atom is -0.390 e. The van der Waals surface area contributed by atoms with E-state index >= 15 is 0 Å². The van der Waals surface area contributed by atoms with Crippen molar-refractivity contribution in [3.63, 3.8) is 0 Å². The fraction of sp³-hybridized carbons (Fsp3) is 1.00. The Morgan fingerprint density at radius 1 is 1.13 bits per heavy atom. The maximum atomic E-state index is 10.6. The molecule has 1 fully saturated rings. The number of rotatable bonds is 2. The molecule has 8 heteroatoms. The number of phosphoric acid groups is 1. The molecule has 1 aliphatic carbocycles. The standard InChI is InChI=1S/C7H15O7P/c1-3-2-4(14-15(11,12)13)6(9)7(10)5(3)8/h3-10H,2H2,1H3,(H2,11,12,13)/t3-,4+,5-,6?,7-/m1/s1. The van der Waals surface area contributed by atoms with E-state index in [0.29, 0.717) is 0 Å². The zero-order valence-corrected chi connectivity index (χ0v) is 8.99. The molecule has 15 heavy (non-hydrogen) atoms. The van der Waals surface area contributed by atoms with Gasteiger partial charge in [0.1, 0.15) is 12.2 Å². The van der Waals surface area contributed by atoms with Gasteiger partial charge >= 0.3 is 7.82 Å². The Kier molecular flexibility index (Phi) is 3.89. The molecule has 7 nitrogen and oxygen atoms in total. The second-order valence-electron chi connectivity index (χ2n) is 3.82. The van der Waals surface area contributed by atoms with Crippen molar-refractivity contribution < 1.29 is 34.2 Å². The second-order valence-corrected chi connectivity index (χ2v) is 5.01. The Hall–Kier alpha value is -0.0100. The Morgan fingerprint density at radius 2 is 1.67 bits per heavy atom. The maximum absolute atomic E-state index is 10.6. The van der Waals surface area contributed by atoms with Crippen LogP contribution >= 0.6 is 7.82 Å². The molecular weight excluding hydrogens is 227 g/mol. The number of aliphatic hydroxyl groups excluding tert-OH is 3. The molecule has 0 aliphatic heterocycles. The van der Waals surface area contributed by atoms with E-state index in [2.05, 4.69) is 4.52 Å². The van der Waals surface area contributed by atoms with Crippen LogP contribution in [-0.4, -0.2) is 49.5 Å². The van der Waals surface area contributed by atoms with Crippen LogP contribution < -0.4 is 0 Å². The zero-order valence-electron chi connectivity index (χ0n) is 8.09. The van der Waals surface area contributed by atoms with Crippen molar-refractivity contribution in [3.8, 4) is 0 Å². The van der Waals surface area contributed by atoms with E-state index in [1.54, 1.807) is 6.92 Å². The summed E-state index contributed by atoms with van der Waals surface area (Å²) in [4.78, 5) is 17.1. The van der Waals surface area contributed by atoms with Crippen molar-refractivity contribution in [2.45, 2.75) is 37.8 Å². The van der Waals surface area contributed by atoms with Gasteiger partial charge in [-0.05, 0) is 12.3 Å². The lowest BCUT2D eigenvalue weighted by Crippen LogP contribution is -2.53. The van der Waals surface area contributed by atoms with Gasteiger partial charge in [0.15, 0.2) is 0 Å². The maximum Gasteiger partial charge on any atom is 0.469 e. The van der Waals surface area contributed by atoms with Crippen molar-refractivity contribution in [2.24, 2.45) is 5.92 Å². The first-order valence-electron chi connectivity index (χ1n) is 4.50. The molecule has 1 aliphatic rings. The minimum atomic E-state index is -4.70. The first-order valence-corrected chi connectivity index (χ1v) is 6.03. The van der Waals surface area contributed by atoms with Gasteiger partial charge in [-0.1, -0.05) is 6.92 Å². The summed E-state index contributed by atoms with van der Waals surface area (Å²) in [6.07, 6.45) is -5.16. The van der Waals surface area contributed by atoms with Crippen LogP contribution in [0.4, 0.5) is 0 Å². The number of hydrogen-bond acceptors (Lipinski definition) is 5. The predicted molar refractivity (Wildman–Crippen MR) is 48.7 cm³/mol. The van der Waals surface area contributed by atoms with Crippen LogP contribution in [0.2, 0.25) is 0 Å². The Bertz CT molecular complexity index is 264. The number of phosphoric ester groups is 1. The van der Waals surface area contributed by atoms with E-state index in [9.17, 15) is 19.9 Å². The lowest BCUT2D eigenvalue weighted by Gasteiger charge is -2.38. The van der Waals surface area contributed by atoms with Gasteiger partial charge in [0.05, 0.1) is 12.2 Å². The predicted octanol–water partition coefficient (Wildman–Crippen LogP) is -1.41. The molecule has 0 aromatic rings. The quantitative estimate of drug-likeness (QED) is 0.376. The molecule has 0 aromatic carbocycles. The number of hydrogen-bond donors (Lipinski definition) is 5. The van der Waals surface area contributed by atoms with E-state index < -0.39 is 38.2 Å². The molecule has 0 heterocycles. The van der Waals surface area contributed by atoms with Crippen LogP contribution in [0.3, 0.4) is 0 Å². The molecule has 0 aromatic heterocycles. The summed E-state index contributed by atoms with van der Waals surface area (Å²) < 4.78 is 14.9. The Labute approximate surface area is 86.6 Å². The SMILES string of the molecule is C[C@@H]1C[C@H](OP(=O)(O)O)C(O)[C@H](O)[C@@H]1O. The Morgan fingerprint density at radius 3 is 2.13 bits per heavy atom. The molecule has 5 atom stereocenters. The van der Waals surface area contributed by atoms with E-state index in [1.165, 1.54) is 0 Å². The molecule has 1 unspecified atom stereocenters. The summed E-state index contributed by atoms with van der Waals surface area (Å²) in [5, 5.41) is 28.1. The van der Waals surface area contributed by atoms with Crippen molar-refractivity contribution >= 4 is 7.82 Å². The number of aliphatic hydroxyl groups is 3. The van der Waals surface area contributed by atoms with Gasteiger partial charge in [0.2, 0.25) is 0 Å². The summed E-state index contributed by atoms with van der Waals surface area (Å²) in [5.41, 5.74) is 0. The molecule has 90 valence electrons. The molecular formula is C7H15O7P. The highest BCUT2D eigenvalue weighted by atomic mass is 31.2. The van der Waals surface area contributed by atoms with Crippen LogP contribution in [0.25, 0.3) is 0 Å². The van der Waals surface area contributed by atoms with Crippen LogP contribution in [0, 0.1) is 5.92 Å². The molecule has 1 saturated carbocycles. The third kappa shape index (κ3) is 3.22. The van der Waals surface area contributed by atoms with Crippen molar-refractivity contribution in [1.29, 1.82) is 0 Å². The van der Waals surface area contributed by atoms with Gasteiger partial charge < -0.3 is 25.1 Å². The van der Waals surface area contributed by atoms with Gasteiger partial charge in [-0.2, -0.15) is 0 Å². The third-order valence-electron chi connectivity index (χ3n) is 2.54. The van der Waals surface area contributed by atoms with E-state index in [4.69, 9.17) is 9.79 Å². The van der Waals surface area contributed by atoms with Crippen LogP contribution in [0.1, 0.15) is 13.3 Å². The molecule has 0 bridgehead atoms. The average Bonchev–Trinajstić information content (AvgIpc) is 2.08. The van der Waals surface area contributed by atoms with Crippen LogP contribution in [0.15, 0.2) is 0 Å². The van der Waals surface area contributed by atoms with E-state index in [0.717, 1.165) is 0 Å². The first-order chi connectivity index (χ1) is 6.72.